The summed E-state index contributed by atoms with van der Waals surface area (Å²) < 4.78 is 0. The van der Waals surface area contributed by atoms with Gasteiger partial charge >= 0.3 is 6.03 Å². The summed E-state index contributed by atoms with van der Waals surface area (Å²) in [6.07, 6.45) is 4.75. The largest absolute Gasteiger partial charge is 0.351 e. The number of carbonyl (C=O) groups excluding carboxylic acids is 2. The average molecular weight is 255 g/mol. The fraction of sp³-hybridized carbons (Fsp3) is 0.846. The van der Waals surface area contributed by atoms with Crippen LogP contribution in [-0.4, -0.2) is 24.0 Å². The molecule has 104 valence electrons. The summed E-state index contributed by atoms with van der Waals surface area (Å²) in [4.78, 5) is 22.7. The van der Waals surface area contributed by atoms with Gasteiger partial charge in [-0.2, -0.15) is 0 Å². The third-order valence-corrected chi connectivity index (χ3v) is 3.70. The number of rotatable bonds is 4. The van der Waals surface area contributed by atoms with E-state index in [1.54, 1.807) is 0 Å². The summed E-state index contributed by atoms with van der Waals surface area (Å²) in [5.41, 5.74) is 4.99. The van der Waals surface area contributed by atoms with Crippen LogP contribution >= 0.6 is 0 Å². The fourth-order valence-corrected chi connectivity index (χ4v) is 2.56. The van der Waals surface area contributed by atoms with E-state index < -0.39 is 6.03 Å². The first-order chi connectivity index (χ1) is 8.41. The molecule has 0 bridgehead atoms. The molecular weight excluding hydrogens is 230 g/mol. The molecular formula is C13H25N3O2. The van der Waals surface area contributed by atoms with Crippen LogP contribution in [0.5, 0.6) is 0 Å². The number of nitrogens with two attached hydrogens (primary N) is 1. The maximum atomic E-state index is 11.9. The van der Waals surface area contributed by atoms with Gasteiger partial charge in [-0.1, -0.05) is 33.6 Å². The second-order valence-electron chi connectivity index (χ2n) is 5.61. The minimum Gasteiger partial charge on any atom is -0.351 e. The van der Waals surface area contributed by atoms with Gasteiger partial charge in [0.25, 0.3) is 0 Å². The zero-order valence-electron chi connectivity index (χ0n) is 11.5. The van der Waals surface area contributed by atoms with Crippen LogP contribution in [0.1, 0.15) is 46.5 Å². The zero-order chi connectivity index (χ0) is 13.7. The molecule has 0 spiro atoms. The van der Waals surface area contributed by atoms with Gasteiger partial charge in [-0.15, -0.1) is 0 Å². The second kappa shape index (κ2) is 6.73. The zero-order valence-corrected chi connectivity index (χ0v) is 11.5. The maximum Gasteiger partial charge on any atom is 0.318 e. The van der Waals surface area contributed by atoms with E-state index in [0.717, 1.165) is 6.42 Å². The van der Waals surface area contributed by atoms with Crippen molar-refractivity contribution in [3.8, 4) is 0 Å². The number of hydrogen-bond acceptors (Lipinski definition) is 3. The fourth-order valence-electron chi connectivity index (χ4n) is 2.56. The van der Waals surface area contributed by atoms with E-state index in [0.29, 0.717) is 12.0 Å². The molecule has 5 heteroatoms. The number of imide groups is 1. The summed E-state index contributed by atoms with van der Waals surface area (Å²) in [5, 5.41) is 5.56. The maximum absolute atomic E-state index is 11.9. The predicted octanol–water partition coefficient (Wildman–Crippen LogP) is 1.37. The average Bonchev–Trinajstić information content (AvgIpc) is 2.26. The van der Waals surface area contributed by atoms with Crippen LogP contribution in [0.4, 0.5) is 4.79 Å². The van der Waals surface area contributed by atoms with Gasteiger partial charge in [-0.3, -0.25) is 10.1 Å². The molecule has 18 heavy (non-hydrogen) atoms. The molecule has 0 saturated heterocycles. The highest BCUT2D eigenvalue weighted by atomic mass is 16.2. The molecule has 5 nitrogen and oxygen atoms in total. The Labute approximate surface area is 109 Å². The van der Waals surface area contributed by atoms with Crippen LogP contribution in [0, 0.1) is 11.8 Å². The van der Waals surface area contributed by atoms with Gasteiger partial charge in [0.1, 0.15) is 0 Å². The van der Waals surface area contributed by atoms with Gasteiger partial charge in [-0.25, -0.2) is 4.79 Å². The second-order valence-corrected chi connectivity index (χ2v) is 5.61. The van der Waals surface area contributed by atoms with Crippen molar-refractivity contribution >= 4 is 11.9 Å². The molecule has 1 aliphatic rings. The van der Waals surface area contributed by atoms with Gasteiger partial charge < -0.3 is 11.1 Å². The summed E-state index contributed by atoms with van der Waals surface area (Å²) in [5.74, 6) is 0.370. The Balaban J connectivity index is 2.61. The number of hydrogen-bond donors (Lipinski definition) is 3. The van der Waals surface area contributed by atoms with Crippen molar-refractivity contribution < 1.29 is 9.59 Å². The first-order valence-electron chi connectivity index (χ1n) is 6.78. The lowest BCUT2D eigenvalue weighted by molar-refractivity contribution is -0.123. The lowest BCUT2D eigenvalue weighted by Crippen LogP contribution is -2.55. The van der Waals surface area contributed by atoms with Crippen molar-refractivity contribution in [2.75, 3.05) is 0 Å². The number of urea groups is 1. The quantitative estimate of drug-likeness (QED) is 0.709. The molecule has 0 unspecified atom stereocenters. The standard InChI is InChI=1S/C13H25N3O2/c1-8(2)11(12(17)16-13(14)18)15-10-7-5-4-6-9(10)3/h8-11,15H,4-7H2,1-3H3,(H3,14,16,17,18)/t9-,10-,11+/m1/s1. The third-order valence-electron chi connectivity index (χ3n) is 3.70. The molecule has 4 N–H and O–H groups in total. The smallest absolute Gasteiger partial charge is 0.318 e. The summed E-state index contributed by atoms with van der Waals surface area (Å²) in [6, 6.07) is -0.794. The molecule has 0 heterocycles. The molecule has 0 radical (unpaired) electrons. The van der Waals surface area contributed by atoms with Gasteiger partial charge in [0, 0.05) is 6.04 Å². The van der Waals surface area contributed by atoms with E-state index in [-0.39, 0.29) is 17.9 Å². The number of primary amides is 1. The number of nitrogens with one attached hydrogen (secondary N) is 2. The highest BCUT2D eigenvalue weighted by Crippen LogP contribution is 2.24. The Morgan fingerprint density at radius 2 is 1.83 bits per heavy atom. The van der Waals surface area contributed by atoms with Gasteiger partial charge in [0.05, 0.1) is 6.04 Å². The monoisotopic (exact) mass is 255 g/mol. The van der Waals surface area contributed by atoms with Crippen molar-refractivity contribution in [1.82, 2.24) is 10.6 Å². The van der Waals surface area contributed by atoms with Crippen molar-refractivity contribution in [2.24, 2.45) is 17.6 Å². The SMILES string of the molecule is CC(C)[C@H](N[C@@H]1CCCC[C@H]1C)C(=O)NC(N)=O. The van der Waals surface area contributed by atoms with E-state index in [1.807, 2.05) is 13.8 Å². The Hall–Kier alpha value is -1.10. The molecule has 3 atom stereocenters. The van der Waals surface area contributed by atoms with Crippen LogP contribution in [0.25, 0.3) is 0 Å². The van der Waals surface area contributed by atoms with Gasteiger partial charge in [-0.05, 0) is 24.7 Å². The molecule has 3 amide bonds. The molecule has 0 aliphatic heterocycles. The molecule has 1 fully saturated rings. The first-order valence-corrected chi connectivity index (χ1v) is 6.78. The predicted molar refractivity (Wildman–Crippen MR) is 70.9 cm³/mol. The summed E-state index contributed by atoms with van der Waals surface area (Å²) in [7, 11) is 0. The Morgan fingerprint density at radius 3 is 2.33 bits per heavy atom. The molecule has 0 aromatic heterocycles. The van der Waals surface area contributed by atoms with E-state index in [9.17, 15) is 9.59 Å². The lowest BCUT2D eigenvalue weighted by Gasteiger charge is -2.34. The van der Waals surface area contributed by atoms with Crippen LogP contribution in [0.2, 0.25) is 0 Å². The molecule has 1 aliphatic carbocycles. The Kier molecular flexibility index (Phi) is 5.59. The topological polar surface area (TPSA) is 84.2 Å². The van der Waals surface area contributed by atoms with Crippen LogP contribution < -0.4 is 16.4 Å². The van der Waals surface area contributed by atoms with Crippen molar-refractivity contribution in [1.29, 1.82) is 0 Å². The minimum atomic E-state index is -0.788. The highest BCUT2D eigenvalue weighted by molar-refractivity contribution is 5.96. The van der Waals surface area contributed by atoms with Crippen LogP contribution in [-0.2, 0) is 4.79 Å². The first kappa shape index (κ1) is 15.0. The van der Waals surface area contributed by atoms with E-state index in [2.05, 4.69) is 17.6 Å². The van der Waals surface area contributed by atoms with Gasteiger partial charge in [0.2, 0.25) is 5.91 Å². The van der Waals surface area contributed by atoms with E-state index >= 15 is 0 Å². The molecule has 0 aromatic carbocycles. The van der Waals surface area contributed by atoms with E-state index in [1.165, 1.54) is 19.3 Å². The summed E-state index contributed by atoms with van der Waals surface area (Å²) >= 11 is 0. The van der Waals surface area contributed by atoms with Crippen molar-refractivity contribution in [3.63, 3.8) is 0 Å². The lowest BCUT2D eigenvalue weighted by atomic mass is 9.85. The van der Waals surface area contributed by atoms with Crippen molar-refractivity contribution in [3.05, 3.63) is 0 Å². The van der Waals surface area contributed by atoms with Crippen LogP contribution in [0.15, 0.2) is 0 Å². The molecule has 1 rings (SSSR count). The number of carbonyl (C=O) groups is 2. The third kappa shape index (κ3) is 4.29. The Morgan fingerprint density at radius 1 is 1.22 bits per heavy atom. The molecule has 1 saturated carbocycles. The number of amides is 3. The van der Waals surface area contributed by atoms with Crippen LogP contribution in [0.3, 0.4) is 0 Å². The highest BCUT2D eigenvalue weighted by Gasteiger charge is 2.29. The minimum absolute atomic E-state index is 0.124. The Bertz CT molecular complexity index is 305. The van der Waals surface area contributed by atoms with Gasteiger partial charge in [0.15, 0.2) is 0 Å². The van der Waals surface area contributed by atoms with Crippen molar-refractivity contribution in [2.45, 2.75) is 58.5 Å². The normalized spacial score (nSPS) is 25.8. The molecule has 0 aromatic rings. The van der Waals surface area contributed by atoms with E-state index in [4.69, 9.17) is 5.73 Å². The summed E-state index contributed by atoms with van der Waals surface area (Å²) in [6.45, 7) is 6.14.